The zero-order valence-corrected chi connectivity index (χ0v) is 11.4. The van der Waals surface area contributed by atoms with Gasteiger partial charge in [-0.05, 0) is 18.6 Å². The highest BCUT2D eigenvalue weighted by Crippen LogP contribution is 2.26. The maximum atomic E-state index is 11.9. The molecule has 1 heterocycles. The maximum Gasteiger partial charge on any atom is 0.228 e. The van der Waals surface area contributed by atoms with Gasteiger partial charge in [-0.1, -0.05) is 0 Å². The highest BCUT2D eigenvalue weighted by molar-refractivity contribution is 7.91. The fraction of sp³-hybridized carbons (Fsp3) is 0.417. The molecule has 1 fully saturated rings. The molecule has 0 aromatic heterocycles. The Morgan fingerprint density at radius 2 is 2.21 bits per heavy atom. The second kappa shape index (κ2) is 5.08. The summed E-state index contributed by atoms with van der Waals surface area (Å²) in [5, 5.41) is 2.66. The molecule has 2 rings (SSSR count). The average molecular weight is 284 g/mol. The van der Waals surface area contributed by atoms with E-state index in [0.717, 1.165) is 0 Å². The summed E-state index contributed by atoms with van der Waals surface area (Å²) in [6.45, 7) is 0. The van der Waals surface area contributed by atoms with Crippen LogP contribution in [0.5, 0.6) is 5.75 Å². The molecule has 1 aromatic rings. The minimum Gasteiger partial charge on any atom is -0.497 e. The van der Waals surface area contributed by atoms with Crippen molar-refractivity contribution in [3.05, 3.63) is 18.2 Å². The first-order chi connectivity index (χ1) is 8.91. The minimum atomic E-state index is -3.07. The summed E-state index contributed by atoms with van der Waals surface area (Å²) < 4.78 is 27.7. The van der Waals surface area contributed by atoms with Gasteiger partial charge in [0.2, 0.25) is 5.91 Å². The highest BCUT2D eigenvalue weighted by Gasteiger charge is 2.33. The van der Waals surface area contributed by atoms with E-state index in [1.165, 1.54) is 7.11 Å². The molecule has 0 aliphatic carbocycles. The third-order valence-electron chi connectivity index (χ3n) is 3.12. The number of ether oxygens (including phenoxy) is 1. The molecular weight excluding hydrogens is 268 g/mol. The van der Waals surface area contributed by atoms with Crippen LogP contribution in [0.4, 0.5) is 11.4 Å². The monoisotopic (exact) mass is 284 g/mol. The van der Waals surface area contributed by atoms with Crippen LogP contribution in [0.2, 0.25) is 0 Å². The van der Waals surface area contributed by atoms with Crippen LogP contribution in [0.15, 0.2) is 18.2 Å². The van der Waals surface area contributed by atoms with Crippen molar-refractivity contribution in [3.8, 4) is 5.75 Å². The van der Waals surface area contributed by atoms with Crippen LogP contribution in [-0.2, 0) is 14.6 Å². The second-order valence-electron chi connectivity index (χ2n) is 4.54. The predicted octanol–water partition coefficient (Wildman–Crippen LogP) is 0.651. The maximum absolute atomic E-state index is 11.9. The summed E-state index contributed by atoms with van der Waals surface area (Å²) in [6, 6.07) is 4.91. The first-order valence-electron chi connectivity index (χ1n) is 5.86. The number of rotatable bonds is 3. The van der Waals surface area contributed by atoms with Crippen molar-refractivity contribution in [2.24, 2.45) is 5.92 Å². The van der Waals surface area contributed by atoms with Crippen LogP contribution in [0.1, 0.15) is 6.42 Å². The van der Waals surface area contributed by atoms with Gasteiger partial charge < -0.3 is 15.8 Å². The fourth-order valence-corrected chi connectivity index (χ4v) is 3.76. The fourth-order valence-electron chi connectivity index (χ4n) is 2.02. The zero-order chi connectivity index (χ0) is 14.0. The van der Waals surface area contributed by atoms with Crippen molar-refractivity contribution < 1.29 is 17.9 Å². The highest BCUT2D eigenvalue weighted by atomic mass is 32.2. The van der Waals surface area contributed by atoms with Crippen molar-refractivity contribution in [1.29, 1.82) is 0 Å². The van der Waals surface area contributed by atoms with E-state index in [1.807, 2.05) is 0 Å². The number of carbonyl (C=O) groups excluding carboxylic acids is 1. The van der Waals surface area contributed by atoms with E-state index < -0.39 is 15.8 Å². The summed E-state index contributed by atoms with van der Waals surface area (Å²) in [6.07, 6.45) is 0.365. The largest absolute Gasteiger partial charge is 0.497 e. The van der Waals surface area contributed by atoms with Crippen molar-refractivity contribution in [2.75, 3.05) is 29.7 Å². The Morgan fingerprint density at radius 1 is 1.47 bits per heavy atom. The Labute approximate surface area is 111 Å². The number of sulfone groups is 1. The number of methoxy groups -OCH3 is 1. The number of anilines is 2. The topological polar surface area (TPSA) is 98.5 Å². The van der Waals surface area contributed by atoms with E-state index in [-0.39, 0.29) is 17.4 Å². The number of hydrogen-bond acceptors (Lipinski definition) is 5. The van der Waals surface area contributed by atoms with Gasteiger partial charge in [-0.3, -0.25) is 4.79 Å². The Hall–Kier alpha value is -1.76. The van der Waals surface area contributed by atoms with E-state index in [4.69, 9.17) is 10.5 Å². The van der Waals surface area contributed by atoms with Crippen LogP contribution >= 0.6 is 0 Å². The van der Waals surface area contributed by atoms with Crippen LogP contribution in [-0.4, -0.2) is 32.9 Å². The molecule has 6 nitrogen and oxygen atoms in total. The lowest BCUT2D eigenvalue weighted by atomic mass is 10.1. The van der Waals surface area contributed by atoms with Crippen molar-refractivity contribution >= 4 is 27.1 Å². The molecule has 19 heavy (non-hydrogen) atoms. The molecule has 0 saturated carbocycles. The SMILES string of the molecule is COc1ccc(NC(=O)C2CCS(=O)(=O)C2)c(N)c1. The van der Waals surface area contributed by atoms with Gasteiger partial charge in [0.25, 0.3) is 0 Å². The van der Waals surface area contributed by atoms with Crippen LogP contribution in [0, 0.1) is 5.92 Å². The molecule has 1 aromatic carbocycles. The molecule has 1 aliphatic heterocycles. The molecule has 1 aliphatic rings. The Morgan fingerprint density at radius 3 is 2.74 bits per heavy atom. The van der Waals surface area contributed by atoms with Crippen LogP contribution < -0.4 is 15.8 Å². The van der Waals surface area contributed by atoms with E-state index in [0.29, 0.717) is 23.5 Å². The third-order valence-corrected chi connectivity index (χ3v) is 4.89. The summed E-state index contributed by atoms with van der Waals surface area (Å²) in [7, 11) is -1.54. The third kappa shape index (κ3) is 3.17. The van der Waals surface area contributed by atoms with E-state index in [9.17, 15) is 13.2 Å². The smallest absolute Gasteiger partial charge is 0.228 e. The van der Waals surface area contributed by atoms with Crippen LogP contribution in [0.3, 0.4) is 0 Å². The van der Waals surface area contributed by atoms with E-state index in [1.54, 1.807) is 18.2 Å². The Kier molecular flexibility index (Phi) is 3.66. The molecule has 0 spiro atoms. The molecule has 0 radical (unpaired) electrons. The molecule has 1 unspecified atom stereocenters. The molecule has 104 valence electrons. The minimum absolute atomic E-state index is 0.0726. The van der Waals surface area contributed by atoms with E-state index in [2.05, 4.69) is 5.32 Å². The molecule has 1 atom stereocenters. The molecule has 1 saturated heterocycles. The number of hydrogen-bond donors (Lipinski definition) is 2. The zero-order valence-electron chi connectivity index (χ0n) is 10.5. The van der Waals surface area contributed by atoms with Crippen molar-refractivity contribution in [2.45, 2.75) is 6.42 Å². The quantitative estimate of drug-likeness (QED) is 0.794. The van der Waals surface area contributed by atoms with Gasteiger partial charge in [0.15, 0.2) is 9.84 Å². The number of nitrogen functional groups attached to an aromatic ring is 1. The van der Waals surface area contributed by atoms with Gasteiger partial charge in [-0.25, -0.2) is 8.42 Å². The van der Waals surface area contributed by atoms with Gasteiger partial charge in [0.1, 0.15) is 5.75 Å². The van der Waals surface area contributed by atoms with Crippen molar-refractivity contribution in [3.63, 3.8) is 0 Å². The number of nitrogens with two attached hydrogens (primary N) is 1. The summed E-state index contributed by atoms with van der Waals surface area (Å²) >= 11 is 0. The first-order valence-corrected chi connectivity index (χ1v) is 7.68. The van der Waals surface area contributed by atoms with Gasteiger partial charge in [0, 0.05) is 6.07 Å². The normalized spacial score (nSPS) is 21.0. The lowest BCUT2D eigenvalue weighted by Gasteiger charge is -2.12. The van der Waals surface area contributed by atoms with Crippen molar-refractivity contribution in [1.82, 2.24) is 0 Å². The standard InChI is InChI=1S/C12H16N2O4S/c1-18-9-2-3-11(10(13)6-9)14-12(15)8-4-5-19(16,17)7-8/h2-3,6,8H,4-5,7,13H2,1H3,(H,14,15). The summed E-state index contributed by atoms with van der Waals surface area (Å²) in [5.41, 5.74) is 6.63. The van der Waals surface area contributed by atoms with Gasteiger partial charge in [0.05, 0.1) is 35.9 Å². The van der Waals surface area contributed by atoms with Gasteiger partial charge in [-0.2, -0.15) is 0 Å². The summed E-state index contributed by atoms with van der Waals surface area (Å²) in [5.74, 6) is -0.221. The Balaban J connectivity index is 2.07. The predicted molar refractivity (Wildman–Crippen MR) is 72.8 cm³/mol. The molecule has 7 heteroatoms. The van der Waals surface area contributed by atoms with E-state index >= 15 is 0 Å². The first kappa shape index (κ1) is 13.7. The molecule has 3 N–H and O–H groups in total. The van der Waals surface area contributed by atoms with Crippen LogP contribution in [0.25, 0.3) is 0 Å². The second-order valence-corrected chi connectivity index (χ2v) is 6.77. The average Bonchev–Trinajstić information content (AvgIpc) is 2.72. The number of amides is 1. The van der Waals surface area contributed by atoms with Gasteiger partial charge >= 0.3 is 0 Å². The lowest BCUT2D eigenvalue weighted by molar-refractivity contribution is -0.119. The molecule has 0 bridgehead atoms. The summed E-state index contributed by atoms with van der Waals surface area (Å²) in [4.78, 5) is 11.9. The lowest BCUT2D eigenvalue weighted by Crippen LogP contribution is -2.24. The number of carbonyl (C=O) groups is 1. The Bertz CT molecular complexity index is 598. The molecular formula is C12H16N2O4S. The van der Waals surface area contributed by atoms with Gasteiger partial charge in [-0.15, -0.1) is 0 Å². The number of nitrogens with one attached hydrogen (secondary N) is 1. The molecule has 1 amide bonds. The number of benzene rings is 1.